The van der Waals surface area contributed by atoms with E-state index in [1.165, 1.54) is 4.88 Å². The summed E-state index contributed by atoms with van der Waals surface area (Å²) in [4.78, 5) is 20.6. The molecule has 0 bridgehead atoms. The van der Waals surface area contributed by atoms with Gasteiger partial charge in [0.2, 0.25) is 0 Å². The zero-order valence-electron chi connectivity index (χ0n) is 19.0. The largest absolute Gasteiger partial charge is 0.409 e. The van der Waals surface area contributed by atoms with Crippen LogP contribution in [-0.4, -0.2) is 33.2 Å². The number of hydrogen-bond acceptors (Lipinski definition) is 5. The summed E-state index contributed by atoms with van der Waals surface area (Å²) in [6.45, 7) is 13.1. The molecule has 1 aromatic carbocycles. The number of hydrogen-bond donors (Lipinski definition) is 0. The number of anilines is 1. The molecular formula is C23H34N2O2SSi. The molecule has 1 aliphatic rings. The maximum absolute atomic E-state index is 12.4. The molecule has 0 amide bonds. The molecule has 0 radical (unpaired) electrons. The normalized spacial score (nSPS) is 17.2. The van der Waals surface area contributed by atoms with Gasteiger partial charge in [0.15, 0.2) is 14.1 Å². The molecule has 1 atom stereocenters. The Labute approximate surface area is 180 Å². The Hall–Kier alpha value is -1.50. The van der Waals surface area contributed by atoms with Gasteiger partial charge >= 0.3 is 0 Å². The molecule has 1 heterocycles. The molecule has 6 heteroatoms. The number of aryl methyl sites for hydroxylation is 1. The third-order valence-corrected chi connectivity index (χ3v) is 12.0. The molecular weight excluding hydrogens is 396 g/mol. The van der Waals surface area contributed by atoms with Crippen LogP contribution in [0.3, 0.4) is 0 Å². The van der Waals surface area contributed by atoms with Crippen LogP contribution in [0.25, 0.3) is 10.6 Å². The molecule has 0 fully saturated rings. The second-order valence-corrected chi connectivity index (χ2v) is 15.6. The number of benzene rings is 1. The van der Waals surface area contributed by atoms with Crippen LogP contribution < -0.4 is 4.90 Å². The average Bonchev–Trinajstić information content (AvgIpc) is 3.05. The van der Waals surface area contributed by atoms with Crippen LogP contribution in [0.5, 0.6) is 0 Å². The molecule has 1 aromatic heterocycles. The van der Waals surface area contributed by atoms with Gasteiger partial charge in [0.1, 0.15) is 5.01 Å². The highest BCUT2D eigenvalue weighted by atomic mass is 32.1. The first-order valence-electron chi connectivity index (χ1n) is 10.4. The Morgan fingerprint density at radius 3 is 2.55 bits per heavy atom. The first-order valence-corrected chi connectivity index (χ1v) is 14.1. The van der Waals surface area contributed by atoms with Crippen LogP contribution in [0.2, 0.25) is 18.1 Å². The van der Waals surface area contributed by atoms with E-state index in [1.807, 2.05) is 31.1 Å². The van der Waals surface area contributed by atoms with Crippen LogP contribution in [0.15, 0.2) is 18.2 Å². The molecule has 0 aliphatic heterocycles. The predicted molar refractivity (Wildman–Crippen MR) is 126 cm³/mol. The lowest BCUT2D eigenvalue weighted by molar-refractivity contribution is 0.101. The summed E-state index contributed by atoms with van der Waals surface area (Å²) in [7, 11) is 2.12. The molecule has 1 unspecified atom stereocenters. The van der Waals surface area contributed by atoms with E-state index in [2.05, 4.69) is 39.9 Å². The second-order valence-electron chi connectivity index (χ2n) is 9.77. The van der Waals surface area contributed by atoms with E-state index in [0.29, 0.717) is 0 Å². The quantitative estimate of drug-likeness (QED) is 0.402. The van der Waals surface area contributed by atoms with Crippen molar-refractivity contribution in [3.63, 3.8) is 0 Å². The van der Waals surface area contributed by atoms with Gasteiger partial charge in [-0.2, -0.15) is 0 Å². The van der Waals surface area contributed by atoms with Gasteiger partial charge in [-0.3, -0.25) is 4.79 Å². The van der Waals surface area contributed by atoms with Crippen molar-refractivity contribution in [1.82, 2.24) is 4.98 Å². The molecule has 158 valence electrons. The Morgan fingerprint density at radius 2 is 1.97 bits per heavy atom. The topological polar surface area (TPSA) is 42.4 Å². The number of carbonyl (C=O) groups excluding carboxylic acids is 1. The number of Topliss-reactive ketones (excluding diaryl/α,β-unsaturated/α-hetero) is 1. The van der Waals surface area contributed by atoms with Crippen LogP contribution in [-0.2, 0) is 10.8 Å². The zero-order chi connectivity index (χ0) is 21.6. The van der Waals surface area contributed by atoms with Gasteiger partial charge in [-0.25, -0.2) is 4.98 Å². The second kappa shape index (κ2) is 7.97. The first kappa shape index (κ1) is 22.2. The Balaban J connectivity index is 2.00. The van der Waals surface area contributed by atoms with Gasteiger partial charge in [0, 0.05) is 30.9 Å². The summed E-state index contributed by atoms with van der Waals surface area (Å²) in [6.07, 6.45) is 3.29. The van der Waals surface area contributed by atoms with Crippen molar-refractivity contribution in [2.24, 2.45) is 0 Å². The summed E-state index contributed by atoms with van der Waals surface area (Å²) in [6, 6.07) is 6.08. The van der Waals surface area contributed by atoms with Gasteiger partial charge in [-0.1, -0.05) is 20.8 Å². The van der Waals surface area contributed by atoms with Gasteiger partial charge in [-0.05, 0) is 62.5 Å². The van der Waals surface area contributed by atoms with E-state index < -0.39 is 8.32 Å². The van der Waals surface area contributed by atoms with Crippen LogP contribution in [0.4, 0.5) is 5.69 Å². The fourth-order valence-electron chi connectivity index (χ4n) is 3.43. The lowest BCUT2D eigenvalue weighted by Gasteiger charge is -2.40. The molecule has 29 heavy (non-hydrogen) atoms. The third kappa shape index (κ3) is 4.49. The molecule has 0 saturated carbocycles. The van der Waals surface area contributed by atoms with E-state index in [1.54, 1.807) is 18.3 Å². The van der Waals surface area contributed by atoms with Gasteiger partial charge in [0.05, 0.1) is 16.7 Å². The van der Waals surface area contributed by atoms with E-state index >= 15 is 0 Å². The van der Waals surface area contributed by atoms with E-state index in [9.17, 15) is 4.79 Å². The molecule has 0 N–H and O–H groups in total. The Morgan fingerprint density at radius 1 is 1.28 bits per heavy atom. The number of aromatic nitrogens is 1. The van der Waals surface area contributed by atoms with Crippen molar-refractivity contribution < 1.29 is 9.22 Å². The number of thiazole rings is 1. The van der Waals surface area contributed by atoms with Crippen LogP contribution in [0.1, 0.15) is 67.6 Å². The minimum atomic E-state index is -1.86. The highest BCUT2D eigenvalue weighted by molar-refractivity contribution is 7.15. The van der Waals surface area contributed by atoms with E-state index in [0.717, 1.165) is 46.8 Å². The first-order chi connectivity index (χ1) is 13.4. The summed E-state index contributed by atoms with van der Waals surface area (Å²) in [5.74, 6) is 0.0749. The number of rotatable bonds is 5. The van der Waals surface area contributed by atoms with Crippen LogP contribution in [0, 0.1) is 0 Å². The van der Waals surface area contributed by atoms with Crippen LogP contribution >= 0.6 is 11.3 Å². The summed E-state index contributed by atoms with van der Waals surface area (Å²) in [5.41, 5.74) is 3.86. The maximum atomic E-state index is 12.4. The highest BCUT2D eigenvalue weighted by Crippen LogP contribution is 2.46. The fourth-order valence-corrected chi connectivity index (χ4v) is 6.03. The van der Waals surface area contributed by atoms with Crippen molar-refractivity contribution in [3.8, 4) is 10.6 Å². The Bertz CT molecular complexity index is 912. The maximum Gasteiger partial charge on any atom is 0.192 e. The summed E-state index contributed by atoms with van der Waals surface area (Å²) >= 11 is 1.71. The van der Waals surface area contributed by atoms with Crippen molar-refractivity contribution in [2.75, 3.05) is 19.0 Å². The molecule has 2 aromatic rings. The molecule has 0 saturated heterocycles. The standard InChI is InChI=1S/C23H34N2O2SSi/c1-15(26)18-14-16(25(5)6)12-13-17(18)22-24-19-10-9-11-20(21(19)28-22)27-29(7,8)23(2,3)4/h12-14,20H,9-11H2,1-8H3. The SMILES string of the molecule is CC(=O)c1cc(N(C)C)ccc1-c1nc2c(s1)C(O[Si](C)(C)C(C)(C)C)CCC2. The summed E-state index contributed by atoms with van der Waals surface area (Å²) < 4.78 is 6.78. The average molecular weight is 431 g/mol. The molecule has 0 spiro atoms. The van der Waals surface area contributed by atoms with Crippen molar-refractivity contribution >= 4 is 31.1 Å². The van der Waals surface area contributed by atoms with Crippen molar-refractivity contribution in [3.05, 3.63) is 34.3 Å². The number of fused-ring (bicyclic) bond motifs is 1. The Kier molecular flexibility index (Phi) is 6.10. The minimum absolute atomic E-state index is 0.0749. The molecule has 4 nitrogen and oxygen atoms in total. The summed E-state index contributed by atoms with van der Waals surface area (Å²) in [5, 5.41) is 1.12. The number of ketones is 1. The van der Waals surface area contributed by atoms with Crippen molar-refractivity contribution in [2.45, 2.75) is 71.2 Å². The number of nitrogens with zero attached hydrogens (tertiary/aromatic N) is 2. The zero-order valence-corrected chi connectivity index (χ0v) is 20.9. The number of carbonyl (C=O) groups is 1. The van der Waals surface area contributed by atoms with Gasteiger partial charge in [0.25, 0.3) is 0 Å². The van der Waals surface area contributed by atoms with E-state index in [-0.39, 0.29) is 16.9 Å². The fraction of sp³-hybridized carbons (Fsp3) is 0.565. The highest BCUT2D eigenvalue weighted by Gasteiger charge is 2.41. The smallest absolute Gasteiger partial charge is 0.192 e. The predicted octanol–water partition coefficient (Wildman–Crippen LogP) is 6.48. The lowest BCUT2D eigenvalue weighted by Crippen LogP contribution is -2.42. The molecule has 1 aliphatic carbocycles. The monoisotopic (exact) mass is 430 g/mol. The van der Waals surface area contributed by atoms with E-state index in [4.69, 9.17) is 9.41 Å². The van der Waals surface area contributed by atoms with Crippen molar-refractivity contribution in [1.29, 1.82) is 0 Å². The third-order valence-electron chi connectivity index (χ3n) is 6.27. The van der Waals surface area contributed by atoms with Gasteiger partial charge < -0.3 is 9.33 Å². The minimum Gasteiger partial charge on any atom is -0.409 e. The van der Waals surface area contributed by atoms with Gasteiger partial charge in [-0.15, -0.1) is 11.3 Å². The molecule has 3 rings (SSSR count). The lowest BCUT2D eigenvalue weighted by atomic mass is 10.0.